The van der Waals surface area contributed by atoms with Crippen LogP contribution in [0, 0.1) is 0 Å². The van der Waals surface area contributed by atoms with E-state index in [1.165, 1.54) is 10.7 Å². The molecule has 1 amide bonds. The fraction of sp³-hybridized carbons (Fsp3) is 0.0909. The highest BCUT2D eigenvalue weighted by atomic mass is 16.1. The van der Waals surface area contributed by atoms with Crippen molar-refractivity contribution in [2.45, 2.75) is 6.54 Å². The van der Waals surface area contributed by atoms with Gasteiger partial charge in [0.1, 0.15) is 0 Å². The molecule has 8 heteroatoms. The van der Waals surface area contributed by atoms with Crippen molar-refractivity contribution >= 4 is 17.3 Å². The average molecular weight is 400 g/mol. The van der Waals surface area contributed by atoms with Gasteiger partial charge in [-0.15, -0.1) is 0 Å². The lowest BCUT2D eigenvalue weighted by molar-refractivity contribution is 0.102. The van der Waals surface area contributed by atoms with Gasteiger partial charge in [0, 0.05) is 30.4 Å². The molecule has 0 fully saturated rings. The normalized spacial score (nSPS) is 10.7. The molecule has 0 unspecified atom stereocenters. The monoisotopic (exact) mass is 400 g/mol. The summed E-state index contributed by atoms with van der Waals surface area (Å²) in [5.74, 6) is -0.256. The zero-order valence-corrected chi connectivity index (χ0v) is 16.3. The summed E-state index contributed by atoms with van der Waals surface area (Å²) in [4.78, 5) is 24.7. The van der Waals surface area contributed by atoms with Crippen molar-refractivity contribution in [3.05, 3.63) is 94.5 Å². The van der Waals surface area contributed by atoms with Gasteiger partial charge in [0.2, 0.25) is 0 Å². The van der Waals surface area contributed by atoms with E-state index < -0.39 is 0 Å². The zero-order chi connectivity index (χ0) is 21.1. The maximum atomic E-state index is 12.5. The Bertz CT molecular complexity index is 1260. The molecular weight excluding hydrogens is 380 g/mol. The van der Waals surface area contributed by atoms with E-state index in [0.717, 1.165) is 11.1 Å². The SMILES string of the molecule is Cn1cc(-c2ccc(=O)n(Cc3ccc(C(=O)Nc4ccccc4N)cc3)n2)cn1. The summed E-state index contributed by atoms with van der Waals surface area (Å²) < 4.78 is 3.07. The number of aromatic nitrogens is 4. The van der Waals surface area contributed by atoms with E-state index >= 15 is 0 Å². The van der Waals surface area contributed by atoms with Crippen LogP contribution in [-0.2, 0) is 13.6 Å². The Balaban J connectivity index is 1.50. The maximum Gasteiger partial charge on any atom is 0.267 e. The van der Waals surface area contributed by atoms with Crippen LogP contribution in [0.2, 0.25) is 0 Å². The second kappa shape index (κ2) is 8.04. The van der Waals surface area contributed by atoms with Crippen molar-refractivity contribution in [2.75, 3.05) is 11.1 Å². The molecular formula is C22H20N6O2. The molecule has 0 radical (unpaired) electrons. The van der Waals surface area contributed by atoms with Crippen molar-refractivity contribution in [3.8, 4) is 11.3 Å². The van der Waals surface area contributed by atoms with Gasteiger partial charge in [-0.05, 0) is 35.9 Å². The minimum atomic E-state index is -0.256. The summed E-state index contributed by atoms with van der Waals surface area (Å²) in [5, 5.41) is 11.4. The van der Waals surface area contributed by atoms with E-state index in [-0.39, 0.29) is 11.5 Å². The molecule has 8 nitrogen and oxygen atoms in total. The third-order valence-corrected chi connectivity index (χ3v) is 4.62. The second-order valence-corrected chi connectivity index (χ2v) is 6.86. The first-order chi connectivity index (χ1) is 14.5. The fourth-order valence-electron chi connectivity index (χ4n) is 3.01. The number of hydrogen-bond acceptors (Lipinski definition) is 5. The summed E-state index contributed by atoms with van der Waals surface area (Å²) in [7, 11) is 1.82. The van der Waals surface area contributed by atoms with Crippen LogP contribution in [0.15, 0.2) is 77.9 Å². The summed E-state index contributed by atoms with van der Waals surface area (Å²) in [6, 6.07) is 17.3. The van der Waals surface area contributed by atoms with Crippen molar-refractivity contribution < 1.29 is 4.79 Å². The predicted octanol–water partition coefficient (Wildman–Crippen LogP) is 2.53. The smallest absolute Gasteiger partial charge is 0.267 e. The topological polar surface area (TPSA) is 108 Å². The van der Waals surface area contributed by atoms with Crippen molar-refractivity contribution in [3.63, 3.8) is 0 Å². The second-order valence-electron chi connectivity index (χ2n) is 6.86. The maximum absolute atomic E-state index is 12.5. The summed E-state index contributed by atoms with van der Waals surface area (Å²) >= 11 is 0. The lowest BCUT2D eigenvalue weighted by Gasteiger charge is -2.09. The Hall–Kier alpha value is -4.20. The number of para-hydroxylation sites is 2. The molecule has 0 aliphatic heterocycles. The number of nitrogens with two attached hydrogens (primary N) is 1. The number of nitrogen functional groups attached to an aromatic ring is 1. The third-order valence-electron chi connectivity index (χ3n) is 4.62. The Morgan fingerprint density at radius 2 is 1.83 bits per heavy atom. The molecule has 2 heterocycles. The largest absolute Gasteiger partial charge is 0.397 e. The molecule has 0 bridgehead atoms. The van der Waals surface area contributed by atoms with Gasteiger partial charge in [-0.25, -0.2) is 4.68 Å². The lowest BCUT2D eigenvalue weighted by Crippen LogP contribution is -2.22. The number of nitrogens with zero attached hydrogens (tertiary/aromatic N) is 4. The first-order valence-electron chi connectivity index (χ1n) is 9.31. The van der Waals surface area contributed by atoms with Gasteiger partial charge < -0.3 is 11.1 Å². The minimum absolute atomic E-state index is 0.205. The van der Waals surface area contributed by atoms with E-state index in [4.69, 9.17) is 5.73 Å². The molecule has 150 valence electrons. The van der Waals surface area contributed by atoms with Gasteiger partial charge in [-0.2, -0.15) is 10.2 Å². The van der Waals surface area contributed by atoms with Gasteiger partial charge in [-0.1, -0.05) is 24.3 Å². The molecule has 0 aliphatic rings. The molecule has 30 heavy (non-hydrogen) atoms. The van der Waals surface area contributed by atoms with E-state index in [1.54, 1.807) is 65.5 Å². The Morgan fingerprint density at radius 1 is 1.07 bits per heavy atom. The van der Waals surface area contributed by atoms with Crippen LogP contribution in [-0.4, -0.2) is 25.5 Å². The standard InChI is InChI=1S/C22H20N6O2/c1-27-14-17(12-24-27)19-10-11-21(29)28(26-19)13-15-6-8-16(9-7-15)22(30)25-20-5-3-2-4-18(20)23/h2-12,14H,13,23H2,1H3,(H,25,30). The van der Waals surface area contributed by atoms with Crippen LogP contribution in [0.25, 0.3) is 11.3 Å². The molecule has 0 atom stereocenters. The number of carbonyl (C=O) groups is 1. The quantitative estimate of drug-likeness (QED) is 0.501. The van der Waals surface area contributed by atoms with Gasteiger partial charge >= 0.3 is 0 Å². The van der Waals surface area contributed by atoms with Crippen molar-refractivity contribution in [2.24, 2.45) is 7.05 Å². The first-order valence-corrected chi connectivity index (χ1v) is 9.31. The number of amides is 1. The zero-order valence-electron chi connectivity index (χ0n) is 16.3. The number of aryl methyl sites for hydroxylation is 1. The third kappa shape index (κ3) is 4.12. The van der Waals surface area contributed by atoms with E-state index in [9.17, 15) is 9.59 Å². The molecule has 0 saturated heterocycles. The highest BCUT2D eigenvalue weighted by molar-refractivity contribution is 6.05. The Morgan fingerprint density at radius 3 is 2.53 bits per heavy atom. The molecule has 0 saturated carbocycles. The molecule has 2 aromatic carbocycles. The average Bonchev–Trinajstić information content (AvgIpc) is 3.18. The van der Waals surface area contributed by atoms with Gasteiger partial charge in [0.05, 0.1) is 29.8 Å². The van der Waals surface area contributed by atoms with Crippen molar-refractivity contribution in [1.29, 1.82) is 0 Å². The van der Waals surface area contributed by atoms with Gasteiger partial charge in [0.25, 0.3) is 11.5 Å². The van der Waals surface area contributed by atoms with Gasteiger partial charge in [-0.3, -0.25) is 14.3 Å². The van der Waals surface area contributed by atoms with Crippen LogP contribution < -0.4 is 16.6 Å². The van der Waals surface area contributed by atoms with E-state index in [0.29, 0.717) is 29.2 Å². The first kappa shape index (κ1) is 19.1. The number of carbonyl (C=O) groups excluding carboxylic acids is 1. The Kier molecular flexibility index (Phi) is 5.13. The van der Waals surface area contributed by atoms with Crippen LogP contribution in [0.1, 0.15) is 15.9 Å². The van der Waals surface area contributed by atoms with Crippen LogP contribution in [0.3, 0.4) is 0 Å². The molecule has 4 aromatic rings. The fourth-order valence-corrected chi connectivity index (χ4v) is 3.01. The lowest BCUT2D eigenvalue weighted by atomic mass is 10.1. The highest BCUT2D eigenvalue weighted by Gasteiger charge is 2.09. The summed E-state index contributed by atoms with van der Waals surface area (Å²) in [6.07, 6.45) is 3.54. The van der Waals surface area contributed by atoms with E-state index in [2.05, 4.69) is 15.5 Å². The van der Waals surface area contributed by atoms with Crippen LogP contribution in [0.5, 0.6) is 0 Å². The van der Waals surface area contributed by atoms with Crippen LogP contribution >= 0.6 is 0 Å². The molecule has 2 aromatic heterocycles. The molecule has 4 rings (SSSR count). The number of rotatable bonds is 5. The van der Waals surface area contributed by atoms with E-state index in [1.807, 2.05) is 13.2 Å². The minimum Gasteiger partial charge on any atom is -0.397 e. The van der Waals surface area contributed by atoms with Gasteiger partial charge in [0.15, 0.2) is 0 Å². The number of benzene rings is 2. The number of nitrogens with one attached hydrogen (secondary N) is 1. The van der Waals surface area contributed by atoms with Crippen molar-refractivity contribution in [1.82, 2.24) is 19.6 Å². The summed E-state index contributed by atoms with van der Waals surface area (Å²) in [5.41, 5.74) is 9.57. The number of anilines is 2. The summed E-state index contributed by atoms with van der Waals surface area (Å²) in [6.45, 7) is 0.292. The predicted molar refractivity (Wildman–Crippen MR) is 115 cm³/mol. The molecule has 0 spiro atoms. The Labute approximate surface area is 172 Å². The highest BCUT2D eigenvalue weighted by Crippen LogP contribution is 2.18. The van der Waals surface area contributed by atoms with Crippen LogP contribution in [0.4, 0.5) is 11.4 Å². The molecule has 3 N–H and O–H groups in total. The molecule has 0 aliphatic carbocycles. The number of hydrogen-bond donors (Lipinski definition) is 2.